The Morgan fingerprint density at radius 3 is 2.79 bits per heavy atom. The number of fused-ring (bicyclic) bond motifs is 2. The first-order valence-corrected chi connectivity index (χ1v) is 10.6. The molecule has 0 aromatic carbocycles. The summed E-state index contributed by atoms with van der Waals surface area (Å²) in [6.07, 6.45) is 7.06. The fraction of sp³-hybridized carbons (Fsp3) is 0.600. The van der Waals surface area contributed by atoms with E-state index in [0.717, 1.165) is 61.4 Å². The minimum absolute atomic E-state index is 0.359. The minimum atomic E-state index is 0.359. The monoisotopic (exact) mass is 395 g/mol. The molecule has 29 heavy (non-hydrogen) atoms. The van der Waals surface area contributed by atoms with Gasteiger partial charge < -0.3 is 14.8 Å². The molecule has 1 N–H and O–H groups in total. The lowest BCUT2D eigenvalue weighted by Gasteiger charge is -2.24. The van der Waals surface area contributed by atoms with Gasteiger partial charge in [0.25, 0.3) is 5.88 Å². The van der Waals surface area contributed by atoms with Crippen LogP contribution in [0.1, 0.15) is 55.5 Å². The first-order valence-electron chi connectivity index (χ1n) is 10.6. The van der Waals surface area contributed by atoms with Crippen molar-refractivity contribution < 1.29 is 9.47 Å². The molecule has 2 fully saturated rings. The normalized spacial score (nSPS) is 20.2. The van der Waals surface area contributed by atoms with E-state index in [-0.39, 0.29) is 0 Å². The molecule has 2 bridgehead atoms. The number of rotatable bonds is 2. The standard InChI is InChI=1S/C20H25N7O2/c1-12-15-11-21-20-22-16-17(13-3-4-13)27(14-5-9-28-10-6-14)25-19(16)29-8-2-7-26(24-12)18(15)23-20/h11,13-14H,2-10H2,1H3,(H,21,22,23). The first-order chi connectivity index (χ1) is 14.3. The number of nitrogens with zero attached hydrogens (tertiary/aromatic N) is 6. The van der Waals surface area contributed by atoms with Gasteiger partial charge >= 0.3 is 0 Å². The Labute approximate surface area is 168 Å². The van der Waals surface area contributed by atoms with Gasteiger partial charge in [-0.1, -0.05) is 0 Å². The summed E-state index contributed by atoms with van der Waals surface area (Å²) in [4.78, 5) is 9.35. The highest BCUT2D eigenvalue weighted by molar-refractivity contribution is 5.79. The first kappa shape index (κ1) is 17.2. The summed E-state index contributed by atoms with van der Waals surface area (Å²) < 4.78 is 15.9. The molecule has 1 saturated heterocycles. The molecular formula is C20H25N7O2. The Hall–Kier alpha value is -2.68. The zero-order valence-electron chi connectivity index (χ0n) is 16.6. The molecule has 1 aliphatic carbocycles. The minimum Gasteiger partial charge on any atom is -0.475 e. The van der Waals surface area contributed by atoms with Gasteiger partial charge in [0.15, 0.2) is 5.65 Å². The average Bonchev–Trinajstić information content (AvgIpc) is 3.46. The Morgan fingerprint density at radius 2 is 1.97 bits per heavy atom. The molecule has 3 aromatic heterocycles. The Morgan fingerprint density at radius 1 is 1.10 bits per heavy atom. The largest absolute Gasteiger partial charge is 0.475 e. The van der Waals surface area contributed by atoms with Crippen LogP contribution >= 0.6 is 0 Å². The molecule has 3 aromatic rings. The van der Waals surface area contributed by atoms with E-state index in [1.165, 1.54) is 18.5 Å². The van der Waals surface area contributed by atoms with Gasteiger partial charge in [-0.2, -0.15) is 10.1 Å². The van der Waals surface area contributed by atoms with Gasteiger partial charge in [-0.15, -0.1) is 5.10 Å². The molecule has 0 spiro atoms. The Kier molecular flexibility index (Phi) is 3.97. The number of aryl methyl sites for hydroxylation is 2. The lowest BCUT2D eigenvalue weighted by Crippen LogP contribution is -2.22. The molecule has 5 heterocycles. The average molecular weight is 395 g/mol. The molecule has 0 unspecified atom stereocenters. The molecule has 9 heteroatoms. The van der Waals surface area contributed by atoms with E-state index in [4.69, 9.17) is 19.6 Å². The van der Waals surface area contributed by atoms with Crippen LogP contribution in [0.2, 0.25) is 0 Å². The molecule has 0 radical (unpaired) electrons. The van der Waals surface area contributed by atoms with Crippen LogP contribution < -0.4 is 10.1 Å². The highest BCUT2D eigenvalue weighted by Crippen LogP contribution is 2.48. The van der Waals surface area contributed by atoms with Crippen LogP contribution in [0.25, 0.3) is 11.0 Å². The van der Waals surface area contributed by atoms with Crippen LogP contribution in [-0.4, -0.2) is 49.3 Å². The maximum atomic E-state index is 6.17. The van der Waals surface area contributed by atoms with E-state index in [0.29, 0.717) is 30.4 Å². The lowest BCUT2D eigenvalue weighted by molar-refractivity contribution is 0.0650. The van der Waals surface area contributed by atoms with Gasteiger partial charge in [0.05, 0.1) is 29.4 Å². The van der Waals surface area contributed by atoms with E-state index >= 15 is 0 Å². The maximum Gasteiger partial charge on any atom is 0.257 e. The predicted molar refractivity (Wildman–Crippen MR) is 107 cm³/mol. The predicted octanol–water partition coefficient (Wildman–Crippen LogP) is 3.09. The summed E-state index contributed by atoms with van der Waals surface area (Å²) in [7, 11) is 0. The zero-order valence-corrected chi connectivity index (χ0v) is 16.6. The molecule has 6 rings (SSSR count). The van der Waals surface area contributed by atoms with Crippen molar-refractivity contribution in [1.82, 2.24) is 29.5 Å². The summed E-state index contributed by atoms with van der Waals surface area (Å²) in [6.45, 7) is 4.92. The summed E-state index contributed by atoms with van der Waals surface area (Å²) in [5.41, 5.74) is 3.99. The van der Waals surface area contributed by atoms with Gasteiger partial charge in [-0.05, 0) is 32.6 Å². The molecule has 152 valence electrons. The van der Waals surface area contributed by atoms with Crippen LogP contribution in [0.5, 0.6) is 5.88 Å². The number of anilines is 2. The van der Waals surface area contributed by atoms with E-state index in [1.807, 2.05) is 17.8 Å². The van der Waals surface area contributed by atoms with Gasteiger partial charge in [-0.3, -0.25) is 4.68 Å². The smallest absolute Gasteiger partial charge is 0.257 e. The van der Waals surface area contributed by atoms with Gasteiger partial charge in [-0.25, -0.2) is 9.67 Å². The van der Waals surface area contributed by atoms with E-state index in [1.54, 1.807) is 0 Å². The van der Waals surface area contributed by atoms with Crippen LogP contribution in [0, 0.1) is 6.92 Å². The third-order valence-corrected chi connectivity index (χ3v) is 6.08. The lowest BCUT2D eigenvalue weighted by atomic mass is 10.1. The maximum absolute atomic E-state index is 6.17. The Balaban J connectivity index is 1.47. The van der Waals surface area contributed by atoms with E-state index in [9.17, 15) is 0 Å². The fourth-order valence-corrected chi connectivity index (χ4v) is 4.42. The summed E-state index contributed by atoms with van der Waals surface area (Å²) in [6, 6.07) is 0.359. The molecule has 3 aliphatic rings. The highest BCUT2D eigenvalue weighted by atomic mass is 16.5. The molecule has 2 aliphatic heterocycles. The number of ether oxygens (including phenoxy) is 2. The number of hydrogen-bond acceptors (Lipinski definition) is 7. The van der Waals surface area contributed by atoms with Gasteiger partial charge in [0, 0.05) is 38.3 Å². The highest BCUT2D eigenvalue weighted by Gasteiger charge is 2.36. The number of aromatic nitrogens is 6. The van der Waals surface area contributed by atoms with Crippen molar-refractivity contribution in [2.75, 3.05) is 25.1 Å². The van der Waals surface area contributed by atoms with Crippen molar-refractivity contribution in [2.24, 2.45) is 0 Å². The fourth-order valence-electron chi connectivity index (χ4n) is 4.42. The van der Waals surface area contributed by atoms with Crippen molar-refractivity contribution in [1.29, 1.82) is 0 Å². The third-order valence-electron chi connectivity index (χ3n) is 6.08. The zero-order chi connectivity index (χ0) is 19.4. The van der Waals surface area contributed by atoms with Gasteiger partial charge in [0.2, 0.25) is 5.95 Å². The van der Waals surface area contributed by atoms with Crippen LogP contribution in [-0.2, 0) is 11.3 Å². The van der Waals surface area contributed by atoms with Gasteiger partial charge in [0.1, 0.15) is 5.69 Å². The third kappa shape index (κ3) is 2.95. The van der Waals surface area contributed by atoms with Crippen molar-refractivity contribution >= 4 is 22.7 Å². The van der Waals surface area contributed by atoms with Crippen molar-refractivity contribution in [3.63, 3.8) is 0 Å². The number of hydrogen-bond donors (Lipinski definition) is 1. The SMILES string of the molecule is Cc1nn2c3nc(ncc13)Nc1c(nn(C3CCOCC3)c1C1CC1)OCCC2. The summed E-state index contributed by atoms with van der Waals surface area (Å²) >= 11 is 0. The van der Waals surface area contributed by atoms with Crippen molar-refractivity contribution in [3.05, 3.63) is 17.6 Å². The van der Waals surface area contributed by atoms with Crippen LogP contribution in [0.3, 0.4) is 0 Å². The second-order valence-corrected chi connectivity index (χ2v) is 8.19. The van der Waals surface area contributed by atoms with E-state index < -0.39 is 0 Å². The van der Waals surface area contributed by atoms with E-state index in [2.05, 4.69) is 20.1 Å². The van der Waals surface area contributed by atoms with Crippen LogP contribution in [0.15, 0.2) is 6.20 Å². The number of nitrogens with one attached hydrogen (secondary N) is 1. The van der Waals surface area contributed by atoms with Crippen LogP contribution in [0.4, 0.5) is 11.6 Å². The summed E-state index contributed by atoms with van der Waals surface area (Å²) in [5, 5.41) is 14.0. The summed E-state index contributed by atoms with van der Waals surface area (Å²) in [5.74, 6) is 1.75. The molecular weight excluding hydrogens is 370 g/mol. The molecule has 0 amide bonds. The Bertz CT molecular complexity index is 1060. The molecule has 0 atom stereocenters. The van der Waals surface area contributed by atoms with Crippen molar-refractivity contribution in [3.8, 4) is 5.88 Å². The second kappa shape index (κ2) is 6.69. The molecule has 9 nitrogen and oxygen atoms in total. The van der Waals surface area contributed by atoms with Crippen molar-refractivity contribution in [2.45, 2.75) is 57.5 Å². The quantitative estimate of drug-likeness (QED) is 0.713. The second-order valence-electron chi connectivity index (χ2n) is 8.19. The molecule has 1 saturated carbocycles. The topological polar surface area (TPSA) is 91.9 Å².